The molecule has 6 atom stereocenters. The Labute approximate surface area is 197 Å². The van der Waals surface area contributed by atoms with Gasteiger partial charge in [0, 0.05) is 18.3 Å². The second kappa shape index (κ2) is 10.3. The molecule has 174 valence electrons. The molecule has 10 heteroatoms. The first-order valence-electron chi connectivity index (χ1n) is 11.0. The lowest BCUT2D eigenvalue weighted by Gasteiger charge is -2.45. The lowest BCUT2D eigenvalue weighted by atomic mass is 9.73. The van der Waals surface area contributed by atoms with Gasteiger partial charge >= 0.3 is 0 Å². The summed E-state index contributed by atoms with van der Waals surface area (Å²) in [4.78, 5) is 25.6. The van der Waals surface area contributed by atoms with Crippen molar-refractivity contribution in [3.8, 4) is 11.9 Å². The molecule has 2 aliphatic rings. The molecule has 4 rings (SSSR count). The summed E-state index contributed by atoms with van der Waals surface area (Å²) < 4.78 is 11.2. The van der Waals surface area contributed by atoms with E-state index in [1.165, 1.54) is 13.3 Å². The molecule has 0 spiro atoms. The molecule has 1 aliphatic carbocycles. The number of piperidine rings is 1. The number of rotatable bonds is 7. The van der Waals surface area contributed by atoms with E-state index in [1.54, 1.807) is 6.20 Å². The van der Waals surface area contributed by atoms with Crippen LogP contribution in [0.3, 0.4) is 0 Å². The summed E-state index contributed by atoms with van der Waals surface area (Å²) in [5.74, 6) is 0.518. The third-order valence-corrected chi connectivity index (χ3v) is 6.87. The fourth-order valence-corrected chi connectivity index (χ4v) is 5.01. The Hall–Kier alpha value is -2.96. The van der Waals surface area contributed by atoms with Gasteiger partial charge in [-0.15, -0.1) is 11.6 Å². The zero-order valence-corrected chi connectivity index (χ0v) is 19.3. The van der Waals surface area contributed by atoms with Gasteiger partial charge in [-0.3, -0.25) is 9.78 Å². The number of nitrogens with one attached hydrogen (secondary N) is 2. The van der Waals surface area contributed by atoms with Crippen LogP contribution in [-0.4, -0.2) is 51.5 Å². The van der Waals surface area contributed by atoms with E-state index in [0.717, 1.165) is 12.1 Å². The number of anilines is 1. The predicted molar refractivity (Wildman–Crippen MR) is 122 cm³/mol. The van der Waals surface area contributed by atoms with Crippen LogP contribution >= 0.6 is 11.6 Å². The van der Waals surface area contributed by atoms with Crippen molar-refractivity contribution in [2.75, 3.05) is 12.4 Å². The molecule has 9 nitrogen and oxygen atoms in total. The van der Waals surface area contributed by atoms with Gasteiger partial charge < -0.3 is 20.1 Å². The van der Waals surface area contributed by atoms with Gasteiger partial charge in [-0.25, -0.2) is 4.98 Å². The zero-order chi connectivity index (χ0) is 23.4. The molecule has 0 radical (unpaired) electrons. The Morgan fingerprint density at radius 3 is 2.91 bits per heavy atom. The smallest absolute Gasteiger partial charge is 0.236 e. The molecule has 1 saturated carbocycles. The van der Waals surface area contributed by atoms with E-state index in [1.807, 2.05) is 31.2 Å². The predicted octanol–water partition coefficient (Wildman–Crippen LogP) is 2.66. The average molecular weight is 471 g/mol. The molecule has 2 N–H and O–H groups in total. The largest absolute Gasteiger partial charge is 0.480 e. The van der Waals surface area contributed by atoms with Crippen LogP contribution in [0.25, 0.3) is 0 Å². The monoisotopic (exact) mass is 470 g/mol. The van der Waals surface area contributed by atoms with Crippen molar-refractivity contribution in [1.29, 1.82) is 5.26 Å². The van der Waals surface area contributed by atoms with Crippen LogP contribution in [0.15, 0.2) is 30.6 Å². The molecule has 0 aromatic carbocycles. The summed E-state index contributed by atoms with van der Waals surface area (Å²) in [6.45, 7) is 2.33. The Kier molecular flexibility index (Phi) is 7.26. The maximum absolute atomic E-state index is 12.9. The van der Waals surface area contributed by atoms with Crippen molar-refractivity contribution in [3.63, 3.8) is 0 Å². The second-order valence-electron chi connectivity index (χ2n) is 8.54. The minimum absolute atomic E-state index is 0.00615. The quantitative estimate of drug-likeness (QED) is 0.592. The summed E-state index contributed by atoms with van der Waals surface area (Å²) in [5.41, 5.74) is 1.11. The van der Waals surface area contributed by atoms with Crippen molar-refractivity contribution < 1.29 is 14.3 Å². The SMILES string of the molecule is COc1nc(NC(C)C2CC3CC(Cl)C(OCc4ccccn4)CC3NC2=O)ncc1C#N. The van der Waals surface area contributed by atoms with Gasteiger partial charge in [-0.1, -0.05) is 6.07 Å². The van der Waals surface area contributed by atoms with Crippen LogP contribution in [0.1, 0.15) is 37.4 Å². The summed E-state index contributed by atoms with van der Waals surface area (Å²) in [7, 11) is 1.45. The van der Waals surface area contributed by atoms with E-state index in [2.05, 4.69) is 25.6 Å². The highest BCUT2D eigenvalue weighted by atomic mass is 35.5. The first-order valence-corrected chi connectivity index (χ1v) is 11.5. The highest BCUT2D eigenvalue weighted by molar-refractivity contribution is 6.21. The molecule has 6 unspecified atom stereocenters. The summed E-state index contributed by atoms with van der Waals surface area (Å²) in [6, 6.07) is 7.53. The number of methoxy groups -OCH3 is 1. The molecule has 33 heavy (non-hydrogen) atoms. The number of pyridine rings is 1. The fourth-order valence-electron chi connectivity index (χ4n) is 4.61. The number of carbonyl (C=O) groups is 1. The zero-order valence-electron chi connectivity index (χ0n) is 18.6. The molecule has 2 aromatic heterocycles. The Bertz CT molecular complexity index is 1020. The number of fused-ring (bicyclic) bond motifs is 1. The van der Waals surface area contributed by atoms with Crippen LogP contribution in [0.5, 0.6) is 5.88 Å². The van der Waals surface area contributed by atoms with Crippen LogP contribution in [0.2, 0.25) is 0 Å². The van der Waals surface area contributed by atoms with Gasteiger partial charge in [0.05, 0.1) is 43.0 Å². The summed E-state index contributed by atoms with van der Waals surface area (Å²) in [5, 5.41) is 15.3. The van der Waals surface area contributed by atoms with E-state index in [4.69, 9.17) is 26.3 Å². The fraction of sp³-hybridized carbons (Fsp3) is 0.522. The number of hydrogen-bond acceptors (Lipinski definition) is 8. The van der Waals surface area contributed by atoms with E-state index < -0.39 is 0 Å². The van der Waals surface area contributed by atoms with Crippen molar-refractivity contribution in [1.82, 2.24) is 20.3 Å². The summed E-state index contributed by atoms with van der Waals surface area (Å²) >= 11 is 6.69. The van der Waals surface area contributed by atoms with E-state index in [0.29, 0.717) is 25.4 Å². The van der Waals surface area contributed by atoms with Crippen molar-refractivity contribution in [2.24, 2.45) is 11.8 Å². The van der Waals surface area contributed by atoms with Gasteiger partial charge in [0.2, 0.25) is 17.7 Å². The highest BCUT2D eigenvalue weighted by Gasteiger charge is 2.44. The normalized spacial score (nSPS) is 27.6. The first-order chi connectivity index (χ1) is 16.0. The molecule has 3 heterocycles. The lowest BCUT2D eigenvalue weighted by Crippen LogP contribution is -2.57. The van der Waals surface area contributed by atoms with Crippen molar-refractivity contribution in [2.45, 2.75) is 56.4 Å². The number of amides is 1. The van der Waals surface area contributed by atoms with Gasteiger partial charge in [0.25, 0.3) is 0 Å². The van der Waals surface area contributed by atoms with Crippen molar-refractivity contribution >= 4 is 23.5 Å². The number of hydrogen-bond donors (Lipinski definition) is 2. The maximum atomic E-state index is 12.9. The number of carbonyl (C=O) groups excluding carboxylic acids is 1. The Balaban J connectivity index is 1.36. The molecule has 2 fully saturated rings. The average Bonchev–Trinajstić information content (AvgIpc) is 2.83. The number of aromatic nitrogens is 3. The van der Waals surface area contributed by atoms with E-state index >= 15 is 0 Å². The number of alkyl halides is 1. The van der Waals surface area contributed by atoms with Crippen LogP contribution in [-0.2, 0) is 16.1 Å². The van der Waals surface area contributed by atoms with E-state index in [9.17, 15) is 4.79 Å². The van der Waals surface area contributed by atoms with Gasteiger partial charge in [-0.05, 0) is 44.2 Å². The van der Waals surface area contributed by atoms with Crippen LogP contribution in [0.4, 0.5) is 5.95 Å². The van der Waals surface area contributed by atoms with Gasteiger partial charge in [0.1, 0.15) is 11.6 Å². The molecular weight excluding hydrogens is 444 g/mol. The highest BCUT2D eigenvalue weighted by Crippen LogP contribution is 2.38. The molecular formula is C23H27ClN6O3. The minimum atomic E-state index is -0.258. The number of nitriles is 1. The molecule has 1 amide bonds. The van der Waals surface area contributed by atoms with Crippen LogP contribution in [0, 0.1) is 23.2 Å². The van der Waals surface area contributed by atoms with Gasteiger partial charge in [-0.2, -0.15) is 10.2 Å². The first kappa shape index (κ1) is 23.2. The maximum Gasteiger partial charge on any atom is 0.236 e. The molecule has 2 aromatic rings. The molecule has 1 saturated heterocycles. The third-order valence-electron chi connectivity index (χ3n) is 6.41. The van der Waals surface area contributed by atoms with E-state index in [-0.39, 0.29) is 52.8 Å². The topological polar surface area (TPSA) is 122 Å². The molecule has 0 bridgehead atoms. The summed E-state index contributed by atoms with van der Waals surface area (Å²) in [6.07, 6.45) is 5.17. The minimum Gasteiger partial charge on any atom is -0.480 e. The van der Waals surface area contributed by atoms with Crippen molar-refractivity contribution in [3.05, 3.63) is 41.9 Å². The van der Waals surface area contributed by atoms with Gasteiger partial charge in [0.15, 0.2) is 0 Å². The second-order valence-corrected chi connectivity index (χ2v) is 9.10. The Morgan fingerprint density at radius 2 is 2.18 bits per heavy atom. The third kappa shape index (κ3) is 5.34. The standard InChI is InChI=1S/C23H27ClN6O3/c1-13(28-23-27-11-15(10-25)22(30-23)32-2)17-7-14-8-18(24)20(9-19(14)29-21(17)31)33-12-16-5-3-4-6-26-16/h3-6,11,13-14,17-20H,7-9,12H2,1-2H3,(H,29,31)(H,27,28,30). The lowest BCUT2D eigenvalue weighted by molar-refractivity contribution is -0.131. The number of ether oxygens (including phenoxy) is 2. The van der Waals surface area contributed by atoms with Crippen LogP contribution < -0.4 is 15.4 Å². The molecule has 1 aliphatic heterocycles. The number of nitrogens with zero attached hydrogens (tertiary/aromatic N) is 4. The Morgan fingerprint density at radius 1 is 1.33 bits per heavy atom. The number of halogens is 1.